The predicted molar refractivity (Wildman–Crippen MR) is 37.3 cm³/mol. The molecule has 0 radical (unpaired) electrons. The third-order valence-electron chi connectivity index (χ3n) is 1.22. The van der Waals surface area contributed by atoms with E-state index in [9.17, 15) is 4.79 Å². The van der Waals surface area contributed by atoms with E-state index in [-0.39, 0.29) is 12.1 Å². The normalized spacial score (nSPS) is 12.3. The molecule has 0 aliphatic heterocycles. The molecule has 2 N–H and O–H groups in total. The van der Waals surface area contributed by atoms with Crippen molar-refractivity contribution in [3.8, 4) is 0 Å². The van der Waals surface area contributed by atoms with Gasteiger partial charge in [-0.15, -0.1) is 0 Å². The number of nitrogens with one attached hydrogen (secondary N) is 2. The Morgan fingerprint density at radius 2 is 2.22 bits per heavy atom. The smallest absolute Gasteiger partial charge is 0.314 e. The fourth-order valence-electron chi connectivity index (χ4n) is 0.398. The average molecular weight is 130 g/mol. The first-order valence-corrected chi connectivity index (χ1v) is 3.19. The Labute approximate surface area is 55.8 Å². The number of hydrogen-bond acceptors (Lipinski definition) is 1. The molecule has 0 aromatic rings. The molecule has 3 nitrogen and oxygen atoms in total. The zero-order valence-electron chi connectivity index (χ0n) is 6.19. The molecule has 0 aliphatic carbocycles. The first kappa shape index (κ1) is 8.27. The monoisotopic (exact) mass is 130 g/mol. The highest BCUT2D eigenvalue weighted by atomic mass is 16.2. The van der Waals surface area contributed by atoms with Gasteiger partial charge in [-0.25, -0.2) is 4.79 Å². The van der Waals surface area contributed by atoms with Crippen LogP contribution in [-0.2, 0) is 0 Å². The van der Waals surface area contributed by atoms with Crippen molar-refractivity contribution in [3.05, 3.63) is 0 Å². The van der Waals surface area contributed by atoms with Gasteiger partial charge in [-0.1, -0.05) is 6.92 Å². The minimum Gasteiger partial charge on any atom is -0.341 e. The third-order valence-corrected chi connectivity index (χ3v) is 1.22. The Hall–Kier alpha value is -0.730. The van der Waals surface area contributed by atoms with Crippen LogP contribution < -0.4 is 10.6 Å². The van der Waals surface area contributed by atoms with E-state index in [4.69, 9.17) is 0 Å². The molecule has 0 saturated heterocycles. The van der Waals surface area contributed by atoms with Gasteiger partial charge in [-0.2, -0.15) is 0 Å². The minimum atomic E-state index is -0.107. The highest BCUT2D eigenvalue weighted by Gasteiger charge is 1.99. The van der Waals surface area contributed by atoms with Gasteiger partial charge in [0.1, 0.15) is 0 Å². The molecule has 0 unspecified atom stereocenters. The molecule has 2 amide bonds. The first-order valence-electron chi connectivity index (χ1n) is 3.19. The number of carbonyl (C=O) groups excluding carboxylic acids is 1. The van der Waals surface area contributed by atoms with Crippen LogP contribution in [0.3, 0.4) is 0 Å². The molecule has 0 spiro atoms. The SMILES string of the molecule is CC[C@H](C)NC(=O)NC. The van der Waals surface area contributed by atoms with Crippen LogP contribution in [0.2, 0.25) is 0 Å². The number of urea groups is 1. The summed E-state index contributed by atoms with van der Waals surface area (Å²) in [4.78, 5) is 10.6. The van der Waals surface area contributed by atoms with Gasteiger partial charge in [0.25, 0.3) is 0 Å². The third kappa shape index (κ3) is 3.82. The maximum Gasteiger partial charge on any atom is 0.314 e. The molecule has 0 saturated carbocycles. The van der Waals surface area contributed by atoms with E-state index in [1.165, 1.54) is 0 Å². The van der Waals surface area contributed by atoms with Crippen LogP contribution in [0.4, 0.5) is 4.79 Å². The van der Waals surface area contributed by atoms with E-state index in [2.05, 4.69) is 10.6 Å². The Balaban J connectivity index is 3.34. The Bertz CT molecular complexity index is 93.1. The lowest BCUT2D eigenvalue weighted by Crippen LogP contribution is -2.38. The fraction of sp³-hybridized carbons (Fsp3) is 0.833. The minimum absolute atomic E-state index is 0.107. The van der Waals surface area contributed by atoms with Crippen LogP contribution in [0.25, 0.3) is 0 Å². The van der Waals surface area contributed by atoms with Crippen molar-refractivity contribution in [2.24, 2.45) is 0 Å². The second-order valence-corrected chi connectivity index (χ2v) is 2.03. The molecule has 0 heterocycles. The second-order valence-electron chi connectivity index (χ2n) is 2.03. The van der Waals surface area contributed by atoms with Crippen LogP contribution in [0.1, 0.15) is 20.3 Å². The van der Waals surface area contributed by atoms with E-state index in [1.54, 1.807) is 7.05 Å². The largest absolute Gasteiger partial charge is 0.341 e. The van der Waals surface area contributed by atoms with Crippen LogP contribution >= 0.6 is 0 Å². The summed E-state index contributed by atoms with van der Waals surface area (Å²) < 4.78 is 0. The molecular formula is C6H14N2O. The van der Waals surface area contributed by atoms with Crippen molar-refractivity contribution in [1.29, 1.82) is 0 Å². The van der Waals surface area contributed by atoms with Crippen molar-refractivity contribution in [3.63, 3.8) is 0 Å². The zero-order valence-corrected chi connectivity index (χ0v) is 6.19. The number of carbonyl (C=O) groups is 1. The van der Waals surface area contributed by atoms with E-state index >= 15 is 0 Å². The summed E-state index contributed by atoms with van der Waals surface area (Å²) in [6.07, 6.45) is 0.966. The van der Waals surface area contributed by atoms with Crippen LogP contribution in [-0.4, -0.2) is 19.1 Å². The highest BCUT2D eigenvalue weighted by Crippen LogP contribution is 1.85. The zero-order chi connectivity index (χ0) is 7.28. The summed E-state index contributed by atoms with van der Waals surface area (Å²) >= 11 is 0. The summed E-state index contributed by atoms with van der Waals surface area (Å²) in [5.41, 5.74) is 0. The van der Waals surface area contributed by atoms with Gasteiger partial charge < -0.3 is 10.6 Å². The van der Waals surface area contributed by atoms with Crippen LogP contribution in [0.5, 0.6) is 0 Å². The number of rotatable bonds is 2. The summed E-state index contributed by atoms with van der Waals surface area (Å²) in [5, 5.41) is 5.21. The Morgan fingerprint density at radius 3 is 2.56 bits per heavy atom. The molecule has 0 bridgehead atoms. The standard InChI is InChI=1S/C6H14N2O/c1-4-5(2)8-6(9)7-3/h5H,4H2,1-3H3,(H2,7,8,9)/t5-/m0/s1. The molecule has 0 aromatic heterocycles. The molecule has 54 valence electrons. The van der Waals surface area contributed by atoms with Crippen molar-refractivity contribution in [2.45, 2.75) is 26.3 Å². The average Bonchev–Trinajstić information content (AvgIpc) is 1.87. The summed E-state index contributed by atoms with van der Waals surface area (Å²) in [5.74, 6) is 0. The molecule has 1 atom stereocenters. The van der Waals surface area contributed by atoms with Gasteiger partial charge in [0, 0.05) is 13.1 Å². The topological polar surface area (TPSA) is 41.1 Å². The lowest BCUT2D eigenvalue weighted by Gasteiger charge is -2.09. The van der Waals surface area contributed by atoms with Gasteiger partial charge in [0.15, 0.2) is 0 Å². The molecular weight excluding hydrogens is 116 g/mol. The molecule has 3 heteroatoms. The van der Waals surface area contributed by atoms with Gasteiger partial charge in [-0.3, -0.25) is 0 Å². The quantitative estimate of drug-likeness (QED) is 0.568. The lowest BCUT2D eigenvalue weighted by atomic mass is 10.3. The molecule has 0 aromatic carbocycles. The fourth-order valence-corrected chi connectivity index (χ4v) is 0.398. The first-order chi connectivity index (χ1) is 4.20. The van der Waals surface area contributed by atoms with Gasteiger partial charge >= 0.3 is 6.03 Å². The molecule has 9 heavy (non-hydrogen) atoms. The van der Waals surface area contributed by atoms with Gasteiger partial charge in [0.05, 0.1) is 0 Å². The molecule has 0 aliphatic rings. The van der Waals surface area contributed by atoms with Crippen molar-refractivity contribution in [2.75, 3.05) is 7.05 Å². The number of hydrogen-bond donors (Lipinski definition) is 2. The van der Waals surface area contributed by atoms with E-state index in [0.717, 1.165) is 6.42 Å². The predicted octanol–water partition coefficient (Wildman–Crippen LogP) is 0.714. The maximum atomic E-state index is 10.6. The van der Waals surface area contributed by atoms with E-state index in [1.807, 2.05) is 13.8 Å². The van der Waals surface area contributed by atoms with Crippen molar-refractivity contribution < 1.29 is 4.79 Å². The summed E-state index contributed by atoms with van der Waals surface area (Å²) in [6, 6.07) is 0.161. The van der Waals surface area contributed by atoms with Gasteiger partial charge in [-0.05, 0) is 13.3 Å². The Kier molecular flexibility index (Phi) is 3.84. The molecule has 0 fully saturated rings. The van der Waals surface area contributed by atoms with E-state index < -0.39 is 0 Å². The Morgan fingerprint density at radius 1 is 1.67 bits per heavy atom. The van der Waals surface area contributed by atoms with Crippen molar-refractivity contribution >= 4 is 6.03 Å². The van der Waals surface area contributed by atoms with Crippen LogP contribution in [0, 0.1) is 0 Å². The summed E-state index contributed by atoms with van der Waals surface area (Å²) in [7, 11) is 1.61. The van der Waals surface area contributed by atoms with Crippen molar-refractivity contribution in [1.82, 2.24) is 10.6 Å². The van der Waals surface area contributed by atoms with E-state index in [0.29, 0.717) is 0 Å². The molecule has 0 rings (SSSR count). The summed E-state index contributed by atoms with van der Waals surface area (Å²) in [6.45, 7) is 4.00. The maximum absolute atomic E-state index is 10.6. The lowest BCUT2D eigenvalue weighted by molar-refractivity contribution is 0.239. The van der Waals surface area contributed by atoms with Crippen LogP contribution in [0.15, 0.2) is 0 Å². The number of amides is 2. The second kappa shape index (κ2) is 4.18. The van der Waals surface area contributed by atoms with Gasteiger partial charge in [0.2, 0.25) is 0 Å². The highest BCUT2D eigenvalue weighted by molar-refractivity contribution is 5.73.